The van der Waals surface area contributed by atoms with Gasteiger partial charge >= 0.3 is 5.97 Å². The van der Waals surface area contributed by atoms with Gasteiger partial charge in [0.05, 0.1) is 31.0 Å². The van der Waals surface area contributed by atoms with Crippen LogP contribution >= 0.6 is 0 Å². The first kappa shape index (κ1) is 27.5. The number of rotatable bonds is 8. The lowest BCUT2D eigenvalue weighted by Crippen LogP contribution is -2.53. The summed E-state index contributed by atoms with van der Waals surface area (Å²) in [6, 6.07) is -0.289. The Balaban J connectivity index is 1.44. The zero-order chi connectivity index (χ0) is 25.8. The van der Waals surface area contributed by atoms with Crippen molar-refractivity contribution in [1.82, 2.24) is 5.32 Å². The van der Waals surface area contributed by atoms with Crippen molar-refractivity contribution in [1.29, 1.82) is 0 Å². The molecule has 196 valence electrons. The predicted molar refractivity (Wildman–Crippen MR) is 128 cm³/mol. The molecule has 3 saturated heterocycles. The first-order chi connectivity index (χ1) is 16.4. The van der Waals surface area contributed by atoms with E-state index in [1.54, 1.807) is 6.92 Å². The number of hydrogen-bond donors (Lipinski definition) is 2. The Kier molecular flexibility index (Phi) is 8.93. The number of hydrogen-bond acceptors (Lipinski definition) is 8. The summed E-state index contributed by atoms with van der Waals surface area (Å²) in [5, 5.41) is 13.5. The van der Waals surface area contributed by atoms with Gasteiger partial charge in [0.15, 0.2) is 6.29 Å². The number of epoxide rings is 1. The average molecular weight is 494 g/mol. The van der Waals surface area contributed by atoms with Crippen LogP contribution in [0, 0.1) is 0 Å². The highest BCUT2D eigenvalue weighted by Crippen LogP contribution is 2.46. The number of esters is 1. The van der Waals surface area contributed by atoms with E-state index in [0.29, 0.717) is 26.1 Å². The van der Waals surface area contributed by atoms with E-state index in [9.17, 15) is 14.7 Å². The van der Waals surface area contributed by atoms with Crippen molar-refractivity contribution in [3.63, 3.8) is 0 Å². The number of aliphatic hydroxyl groups excluding tert-OH is 1. The zero-order valence-electron chi connectivity index (χ0n) is 21.5. The maximum Gasteiger partial charge on any atom is 0.303 e. The van der Waals surface area contributed by atoms with Gasteiger partial charge in [0, 0.05) is 25.8 Å². The van der Waals surface area contributed by atoms with Crippen LogP contribution in [0.1, 0.15) is 54.4 Å². The second-order valence-corrected chi connectivity index (χ2v) is 10.3. The van der Waals surface area contributed by atoms with E-state index < -0.39 is 36.2 Å². The summed E-state index contributed by atoms with van der Waals surface area (Å²) < 4.78 is 28.3. The predicted octanol–water partition coefficient (Wildman–Crippen LogP) is 2.33. The van der Waals surface area contributed by atoms with E-state index in [4.69, 9.17) is 23.7 Å². The van der Waals surface area contributed by atoms with Gasteiger partial charge in [0.2, 0.25) is 5.91 Å². The van der Waals surface area contributed by atoms with Crippen LogP contribution in [0.3, 0.4) is 0 Å². The number of carbonyl (C=O) groups is 2. The fraction of sp³-hybridized carbons (Fsp3) is 0.692. The second kappa shape index (κ2) is 11.3. The van der Waals surface area contributed by atoms with Crippen molar-refractivity contribution in [2.45, 2.75) is 102 Å². The van der Waals surface area contributed by atoms with Crippen LogP contribution in [-0.4, -0.2) is 78.1 Å². The number of ether oxygens (including phenoxy) is 5. The van der Waals surface area contributed by atoms with Gasteiger partial charge in [-0.15, -0.1) is 0 Å². The van der Waals surface area contributed by atoms with Crippen LogP contribution in [0.4, 0.5) is 0 Å². The molecule has 9 heteroatoms. The minimum atomic E-state index is -0.683. The van der Waals surface area contributed by atoms with Gasteiger partial charge in [0.25, 0.3) is 0 Å². The number of nitrogens with one attached hydrogen (secondary N) is 1. The summed E-state index contributed by atoms with van der Waals surface area (Å²) in [7, 11) is 0. The largest absolute Gasteiger partial charge is 0.459 e. The van der Waals surface area contributed by atoms with Crippen LogP contribution in [0.15, 0.2) is 36.0 Å². The molecular weight excluding hydrogens is 454 g/mol. The van der Waals surface area contributed by atoms with Crippen LogP contribution in [-0.2, 0) is 33.3 Å². The zero-order valence-corrected chi connectivity index (χ0v) is 21.5. The Bertz CT molecular complexity index is 859. The van der Waals surface area contributed by atoms with Crippen molar-refractivity contribution in [3.05, 3.63) is 36.0 Å². The lowest BCUT2D eigenvalue weighted by atomic mass is 9.83. The summed E-state index contributed by atoms with van der Waals surface area (Å²) in [4.78, 5) is 23.1. The molecule has 0 aromatic rings. The van der Waals surface area contributed by atoms with Gasteiger partial charge in [-0.1, -0.05) is 23.8 Å². The van der Waals surface area contributed by atoms with E-state index in [0.717, 1.165) is 5.57 Å². The molecule has 3 aliphatic heterocycles. The third-order valence-corrected chi connectivity index (χ3v) is 6.32. The third kappa shape index (κ3) is 7.98. The molecule has 1 amide bonds. The molecule has 0 aliphatic carbocycles. The number of amides is 1. The molecule has 3 rings (SSSR count). The van der Waals surface area contributed by atoms with Crippen LogP contribution in [0.2, 0.25) is 0 Å². The fourth-order valence-corrected chi connectivity index (χ4v) is 4.46. The van der Waals surface area contributed by atoms with Crippen molar-refractivity contribution in [2.24, 2.45) is 0 Å². The standard InChI is InChI=1S/C26H39NO8/c1-16(7-10-21-24(30)26(15-32-26)14-25(5,6)35-21)8-12-23-31-13-20(18(3)34-23)27-22(29)11-9-17(2)33-19(4)28/h7-11,17-18,20-21,23-24,30H,12-15H2,1-6H3,(H,27,29)/t17-,18+,20+,21+,23-,24+,26+/m0/s1. The Hall–Kier alpha value is -2.04. The van der Waals surface area contributed by atoms with Crippen molar-refractivity contribution >= 4 is 11.9 Å². The van der Waals surface area contributed by atoms with Crippen molar-refractivity contribution < 1.29 is 38.4 Å². The van der Waals surface area contributed by atoms with Gasteiger partial charge in [-0.3, -0.25) is 9.59 Å². The molecule has 2 N–H and O–H groups in total. The van der Waals surface area contributed by atoms with Gasteiger partial charge in [-0.05, 0) is 40.7 Å². The molecule has 7 atom stereocenters. The lowest BCUT2D eigenvalue weighted by Gasteiger charge is -2.41. The Morgan fingerprint density at radius 1 is 1.26 bits per heavy atom. The average Bonchev–Trinajstić information content (AvgIpc) is 3.53. The highest BCUT2D eigenvalue weighted by Gasteiger charge is 2.60. The summed E-state index contributed by atoms with van der Waals surface area (Å²) in [5.41, 5.74) is 0.165. The Labute approximate surface area is 207 Å². The van der Waals surface area contributed by atoms with Gasteiger partial charge in [0.1, 0.15) is 23.9 Å². The molecule has 0 aromatic carbocycles. The Morgan fingerprint density at radius 2 is 1.97 bits per heavy atom. The minimum Gasteiger partial charge on any atom is -0.459 e. The first-order valence-corrected chi connectivity index (χ1v) is 12.2. The Morgan fingerprint density at radius 3 is 2.60 bits per heavy atom. The summed E-state index contributed by atoms with van der Waals surface area (Å²) in [6.07, 6.45) is 7.68. The number of allylic oxidation sites excluding steroid dienone is 2. The van der Waals surface area contributed by atoms with E-state index in [2.05, 4.69) is 5.32 Å². The quantitative estimate of drug-likeness (QED) is 0.229. The summed E-state index contributed by atoms with van der Waals surface area (Å²) in [5.74, 6) is -0.706. The monoisotopic (exact) mass is 493 g/mol. The van der Waals surface area contributed by atoms with Gasteiger partial charge in [-0.2, -0.15) is 0 Å². The fourth-order valence-electron chi connectivity index (χ4n) is 4.46. The molecule has 9 nitrogen and oxygen atoms in total. The minimum absolute atomic E-state index is 0.232. The smallest absolute Gasteiger partial charge is 0.303 e. The second-order valence-electron chi connectivity index (χ2n) is 10.3. The summed E-state index contributed by atoms with van der Waals surface area (Å²) >= 11 is 0. The molecule has 3 fully saturated rings. The molecular formula is C26H39NO8. The van der Waals surface area contributed by atoms with Crippen molar-refractivity contribution in [3.8, 4) is 0 Å². The maximum atomic E-state index is 12.2. The van der Waals surface area contributed by atoms with Gasteiger partial charge < -0.3 is 34.1 Å². The molecule has 3 aliphatic rings. The molecule has 35 heavy (non-hydrogen) atoms. The van der Waals surface area contributed by atoms with Crippen LogP contribution in [0.25, 0.3) is 0 Å². The van der Waals surface area contributed by atoms with E-state index >= 15 is 0 Å². The first-order valence-electron chi connectivity index (χ1n) is 12.2. The topological polar surface area (TPSA) is 116 Å². The maximum absolute atomic E-state index is 12.2. The highest BCUT2D eigenvalue weighted by atomic mass is 16.7. The molecule has 1 spiro atoms. The molecule has 0 radical (unpaired) electrons. The normalized spacial score (nSPS) is 35.9. The van der Waals surface area contributed by atoms with E-state index in [-0.39, 0.29) is 23.7 Å². The van der Waals surface area contributed by atoms with Crippen LogP contribution < -0.4 is 5.32 Å². The van der Waals surface area contributed by atoms with Gasteiger partial charge in [-0.25, -0.2) is 0 Å². The van der Waals surface area contributed by atoms with E-state index in [1.165, 1.54) is 19.1 Å². The van der Waals surface area contributed by atoms with Crippen LogP contribution in [0.5, 0.6) is 0 Å². The SMILES string of the molecule is CC(=O)O[C@@H](C)C=CC(=O)N[C@@H]1CO[C@H](CC=C(C)C=C[C@H]2OC(C)(C)C[C@@]3(CO3)[C@@H]2O)O[C@@H]1C. The molecule has 0 bridgehead atoms. The summed E-state index contributed by atoms with van der Waals surface area (Å²) in [6.45, 7) is 11.8. The highest BCUT2D eigenvalue weighted by molar-refractivity contribution is 5.87. The van der Waals surface area contributed by atoms with Crippen molar-refractivity contribution in [2.75, 3.05) is 13.2 Å². The molecule has 3 heterocycles. The third-order valence-electron chi connectivity index (χ3n) is 6.32. The number of aliphatic hydroxyl groups is 1. The number of carbonyl (C=O) groups excluding carboxylic acids is 2. The molecule has 0 unspecified atom stereocenters. The molecule has 0 saturated carbocycles. The lowest BCUT2D eigenvalue weighted by molar-refractivity contribution is -0.217. The van der Waals surface area contributed by atoms with E-state index in [1.807, 2.05) is 45.9 Å². The molecule has 0 aromatic heterocycles.